The molecular weight excluding hydrogens is 490 g/mol. The third-order valence-electron chi connectivity index (χ3n) is 7.32. The predicted octanol–water partition coefficient (Wildman–Crippen LogP) is 6.47. The van der Waals surface area contributed by atoms with E-state index in [1.54, 1.807) is 0 Å². The fourth-order valence-electron chi connectivity index (χ4n) is 5.53. The molecule has 1 aliphatic heterocycles. The van der Waals surface area contributed by atoms with Crippen molar-refractivity contribution in [3.63, 3.8) is 0 Å². The molecule has 3 N–H and O–H groups in total. The van der Waals surface area contributed by atoms with Gasteiger partial charge in [-0.3, -0.25) is 0 Å². The fraction of sp³-hybridized carbons (Fsp3) is 0.219. The summed E-state index contributed by atoms with van der Waals surface area (Å²) in [6.07, 6.45) is -0.0260. The fourth-order valence-corrected chi connectivity index (χ4v) is 5.53. The predicted molar refractivity (Wildman–Crippen MR) is 155 cm³/mol. The molecule has 198 valence electrons. The largest absolute Gasteiger partial charge is 0.512 e. The van der Waals surface area contributed by atoms with E-state index in [2.05, 4.69) is 57.7 Å². The summed E-state index contributed by atoms with van der Waals surface area (Å²) in [5.74, 6) is 1.12. The lowest BCUT2D eigenvalue weighted by molar-refractivity contribution is 0.142. The summed E-state index contributed by atoms with van der Waals surface area (Å²) >= 11 is 0. The van der Waals surface area contributed by atoms with Crippen LogP contribution in [0.15, 0.2) is 84.9 Å². The van der Waals surface area contributed by atoms with Crippen LogP contribution in [0.1, 0.15) is 12.0 Å². The Hall–Kier alpha value is -4.49. The number of carboxylic acid groups (broad SMARTS) is 1. The van der Waals surface area contributed by atoms with E-state index in [-0.39, 0.29) is 5.88 Å². The van der Waals surface area contributed by atoms with Gasteiger partial charge in [0.1, 0.15) is 5.75 Å². The van der Waals surface area contributed by atoms with Gasteiger partial charge >= 0.3 is 6.16 Å². The van der Waals surface area contributed by atoms with Gasteiger partial charge in [-0.05, 0) is 30.4 Å². The summed E-state index contributed by atoms with van der Waals surface area (Å²) in [5.41, 5.74) is 5.03. The molecule has 39 heavy (non-hydrogen) atoms. The molecule has 6 rings (SSSR count). The summed E-state index contributed by atoms with van der Waals surface area (Å²) in [6, 6.07) is 28.7. The number of carbonyl (C=O) groups is 1. The number of para-hydroxylation sites is 2. The van der Waals surface area contributed by atoms with Gasteiger partial charge in [-0.2, -0.15) is 0 Å². The second-order valence-corrected chi connectivity index (χ2v) is 9.71. The zero-order chi connectivity index (χ0) is 26.6. The molecule has 0 bridgehead atoms. The van der Waals surface area contributed by atoms with Crippen LogP contribution in [-0.4, -0.2) is 49.0 Å². The van der Waals surface area contributed by atoms with Gasteiger partial charge in [-0.1, -0.05) is 72.8 Å². The molecule has 2 heterocycles. The van der Waals surface area contributed by atoms with Crippen molar-refractivity contribution < 1.29 is 19.4 Å². The molecule has 1 aliphatic rings. The molecule has 7 nitrogen and oxygen atoms in total. The van der Waals surface area contributed by atoms with E-state index in [4.69, 9.17) is 9.47 Å². The Kier molecular flexibility index (Phi) is 7.06. The van der Waals surface area contributed by atoms with Gasteiger partial charge < -0.3 is 29.8 Å². The van der Waals surface area contributed by atoms with Crippen LogP contribution in [0.2, 0.25) is 0 Å². The van der Waals surface area contributed by atoms with Crippen LogP contribution in [0.3, 0.4) is 0 Å². The highest BCUT2D eigenvalue weighted by molar-refractivity contribution is 6.00. The smallest absolute Gasteiger partial charge is 0.493 e. The number of aromatic nitrogens is 1. The minimum atomic E-state index is -1.34. The van der Waals surface area contributed by atoms with Gasteiger partial charge in [0, 0.05) is 59.3 Å². The minimum absolute atomic E-state index is 0.273. The summed E-state index contributed by atoms with van der Waals surface area (Å²) in [6.45, 7) is 4.27. The van der Waals surface area contributed by atoms with Gasteiger partial charge in [0.25, 0.3) is 0 Å². The second kappa shape index (κ2) is 11.1. The molecule has 5 aromatic rings. The first-order valence-corrected chi connectivity index (χ1v) is 13.4. The van der Waals surface area contributed by atoms with Crippen LogP contribution in [0, 0.1) is 0 Å². The number of piperazine rings is 1. The van der Waals surface area contributed by atoms with Gasteiger partial charge in [0.05, 0.1) is 12.1 Å². The number of rotatable bonds is 8. The number of H-pyrrole nitrogens is 1. The van der Waals surface area contributed by atoms with Gasteiger partial charge in [-0.25, -0.2) is 4.79 Å². The molecule has 0 radical (unpaired) electrons. The Morgan fingerprint density at radius 2 is 1.56 bits per heavy atom. The first-order chi connectivity index (χ1) is 19.2. The van der Waals surface area contributed by atoms with Crippen molar-refractivity contribution in [1.29, 1.82) is 0 Å². The standard InChI is InChI=1S/C32H31N3O4/c36-32(37)39-31-27(14-7-21-38-29-16-5-9-22-8-1-2-10-23(22)29)26-13-6-12-25(30(26)34-31)24-11-3-4-15-28(24)35-19-17-33-18-20-35/h1-6,8-13,15-16,33-34H,7,14,17-21H2,(H,36,37). The molecule has 0 spiro atoms. The van der Waals surface area contributed by atoms with Crippen LogP contribution in [0.4, 0.5) is 10.5 Å². The topological polar surface area (TPSA) is 86.8 Å². The SMILES string of the molecule is O=C(O)Oc1[nH]c2c(-c3ccccc3N3CCNCC3)cccc2c1CCCOc1cccc2ccccc12. The quantitative estimate of drug-likeness (QED) is 0.160. The van der Waals surface area contributed by atoms with Gasteiger partial charge in [0.15, 0.2) is 0 Å². The van der Waals surface area contributed by atoms with Crippen molar-refractivity contribution in [2.75, 3.05) is 37.7 Å². The monoisotopic (exact) mass is 521 g/mol. The average Bonchev–Trinajstić information content (AvgIpc) is 3.32. The summed E-state index contributed by atoms with van der Waals surface area (Å²) in [7, 11) is 0. The maximum absolute atomic E-state index is 11.6. The maximum Gasteiger partial charge on any atom is 0.512 e. The normalized spacial score (nSPS) is 13.6. The van der Waals surface area contributed by atoms with Crippen LogP contribution in [0.5, 0.6) is 11.6 Å². The van der Waals surface area contributed by atoms with Crippen molar-refractivity contribution in [3.05, 3.63) is 90.5 Å². The summed E-state index contributed by atoms with van der Waals surface area (Å²) in [4.78, 5) is 17.3. The third-order valence-corrected chi connectivity index (χ3v) is 7.32. The highest BCUT2D eigenvalue weighted by Gasteiger charge is 2.21. The maximum atomic E-state index is 11.6. The molecule has 0 atom stereocenters. The third kappa shape index (κ3) is 5.13. The Balaban J connectivity index is 1.29. The van der Waals surface area contributed by atoms with Crippen molar-refractivity contribution in [3.8, 4) is 22.8 Å². The number of aromatic amines is 1. The number of fused-ring (bicyclic) bond motifs is 2. The van der Waals surface area contributed by atoms with E-state index in [1.807, 2.05) is 42.5 Å². The number of aryl methyl sites for hydroxylation is 1. The van der Waals surface area contributed by atoms with Crippen LogP contribution >= 0.6 is 0 Å². The molecular formula is C32H31N3O4. The first kappa shape index (κ1) is 24.8. The van der Waals surface area contributed by atoms with Crippen molar-refractivity contribution >= 4 is 33.5 Å². The van der Waals surface area contributed by atoms with E-state index >= 15 is 0 Å². The number of anilines is 1. The number of nitrogens with one attached hydrogen (secondary N) is 2. The Morgan fingerprint density at radius 3 is 2.44 bits per heavy atom. The van der Waals surface area contributed by atoms with Crippen LogP contribution in [-0.2, 0) is 6.42 Å². The van der Waals surface area contributed by atoms with Crippen molar-refractivity contribution in [2.24, 2.45) is 0 Å². The molecule has 1 aromatic heterocycles. The molecule has 0 saturated carbocycles. The lowest BCUT2D eigenvalue weighted by atomic mass is 9.98. The molecule has 1 saturated heterocycles. The zero-order valence-corrected chi connectivity index (χ0v) is 21.7. The lowest BCUT2D eigenvalue weighted by Crippen LogP contribution is -2.43. The Labute approximate surface area is 227 Å². The molecule has 0 aliphatic carbocycles. The number of hydrogen-bond acceptors (Lipinski definition) is 5. The van der Waals surface area contributed by atoms with Gasteiger partial charge in [0.2, 0.25) is 5.88 Å². The van der Waals surface area contributed by atoms with E-state index in [0.717, 1.165) is 70.3 Å². The molecule has 4 aromatic carbocycles. The second-order valence-electron chi connectivity index (χ2n) is 9.71. The molecule has 0 amide bonds. The number of nitrogens with zero attached hydrogens (tertiary/aromatic N) is 1. The van der Waals surface area contributed by atoms with E-state index in [0.29, 0.717) is 19.4 Å². The van der Waals surface area contributed by atoms with E-state index < -0.39 is 6.16 Å². The lowest BCUT2D eigenvalue weighted by Gasteiger charge is -2.31. The van der Waals surface area contributed by atoms with Gasteiger partial charge in [-0.15, -0.1) is 0 Å². The first-order valence-electron chi connectivity index (χ1n) is 13.4. The Morgan fingerprint density at radius 1 is 0.846 bits per heavy atom. The molecule has 0 unspecified atom stereocenters. The van der Waals surface area contributed by atoms with Crippen molar-refractivity contribution in [1.82, 2.24) is 10.3 Å². The molecule has 1 fully saturated rings. The van der Waals surface area contributed by atoms with E-state index in [9.17, 15) is 9.90 Å². The average molecular weight is 522 g/mol. The van der Waals surface area contributed by atoms with Crippen molar-refractivity contribution in [2.45, 2.75) is 12.8 Å². The number of benzene rings is 4. The highest BCUT2D eigenvalue weighted by atomic mass is 16.7. The summed E-state index contributed by atoms with van der Waals surface area (Å²) in [5, 5.41) is 16.1. The molecule has 7 heteroatoms. The summed E-state index contributed by atoms with van der Waals surface area (Å²) < 4.78 is 11.4. The highest BCUT2D eigenvalue weighted by Crippen LogP contribution is 2.39. The number of ether oxygens (including phenoxy) is 2. The number of hydrogen-bond donors (Lipinski definition) is 3. The van der Waals surface area contributed by atoms with Crippen LogP contribution in [0.25, 0.3) is 32.8 Å². The zero-order valence-electron chi connectivity index (χ0n) is 21.7. The van der Waals surface area contributed by atoms with Crippen LogP contribution < -0.4 is 19.7 Å². The van der Waals surface area contributed by atoms with E-state index in [1.165, 1.54) is 5.69 Å². The minimum Gasteiger partial charge on any atom is -0.493 e. The Bertz CT molecular complexity index is 1620.